The second kappa shape index (κ2) is 3.64. The van der Waals surface area contributed by atoms with Gasteiger partial charge in [-0.25, -0.2) is 0 Å². The zero-order chi connectivity index (χ0) is 10.1. The molecule has 0 amide bonds. The first kappa shape index (κ1) is 10.5. The van der Waals surface area contributed by atoms with E-state index in [1.165, 1.54) is 0 Å². The van der Waals surface area contributed by atoms with E-state index < -0.39 is 11.5 Å². The molecule has 2 unspecified atom stereocenters. The molecule has 4 heteroatoms. The predicted octanol–water partition coefficient (Wildman–Crippen LogP) is 0.143. The zero-order valence-corrected chi connectivity index (χ0v) is 8.50. The summed E-state index contributed by atoms with van der Waals surface area (Å²) in [6.07, 6.45) is 1.04. The Morgan fingerprint density at radius 2 is 2.38 bits per heavy atom. The van der Waals surface area contributed by atoms with Crippen molar-refractivity contribution in [3.05, 3.63) is 0 Å². The second-order valence-corrected chi connectivity index (χ2v) is 3.95. The van der Waals surface area contributed by atoms with Gasteiger partial charge in [0, 0.05) is 19.1 Å². The molecular formula is C9H18N2O2. The van der Waals surface area contributed by atoms with Crippen molar-refractivity contribution >= 4 is 5.97 Å². The smallest absolute Gasteiger partial charge is 0.325 e. The fourth-order valence-corrected chi connectivity index (χ4v) is 1.59. The van der Waals surface area contributed by atoms with Crippen LogP contribution in [-0.4, -0.2) is 47.7 Å². The first-order valence-corrected chi connectivity index (χ1v) is 4.68. The van der Waals surface area contributed by atoms with E-state index in [-0.39, 0.29) is 0 Å². The molecule has 13 heavy (non-hydrogen) atoms. The number of aliphatic carboxylic acids is 1. The Balaban J connectivity index is 2.67. The summed E-state index contributed by atoms with van der Waals surface area (Å²) in [5, 5.41) is 12.3. The minimum Gasteiger partial charge on any atom is -0.480 e. The molecule has 4 nitrogen and oxygen atoms in total. The minimum absolute atomic E-state index is 0.428. The van der Waals surface area contributed by atoms with Gasteiger partial charge in [0.05, 0.1) is 0 Å². The normalized spacial score (nSPS) is 36.1. The van der Waals surface area contributed by atoms with Crippen LogP contribution >= 0.6 is 0 Å². The van der Waals surface area contributed by atoms with Gasteiger partial charge in [-0.3, -0.25) is 9.69 Å². The molecule has 0 spiro atoms. The molecule has 0 aliphatic carbocycles. The summed E-state index contributed by atoms with van der Waals surface area (Å²) in [5.41, 5.74) is -0.744. The molecule has 2 N–H and O–H groups in total. The molecule has 2 atom stereocenters. The first-order valence-electron chi connectivity index (χ1n) is 4.68. The number of piperazine rings is 1. The lowest BCUT2D eigenvalue weighted by atomic mass is 9.95. The molecule has 1 aliphatic rings. The summed E-state index contributed by atoms with van der Waals surface area (Å²) in [6.45, 7) is 5.19. The lowest BCUT2D eigenvalue weighted by Crippen LogP contribution is -2.65. The van der Waals surface area contributed by atoms with Crippen LogP contribution in [0.2, 0.25) is 0 Å². The fourth-order valence-electron chi connectivity index (χ4n) is 1.59. The Morgan fingerprint density at radius 1 is 1.77 bits per heavy atom. The van der Waals surface area contributed by atoms with Crippen molar-refractivity contribution in [1.82, 2.24) is 10.2 Å². The van der Waals surface area contributed by atoms with Crippen LogP contribution in [-0.2, 0) is 4.79 Å². The van der Waals surface area contributed by atoms with E-state index in [9.17, 15) is 4.79 Å². The zero-order valence-electron chi connectivity index (χ0n) is 8.50. The van der Waals surface area contributed by atoms with Gasteiger partial charge in [-0.1, -0.05) is 6.92 Å². The Kier molecular flexibility index (Phi) is 2.93. The average molecular weight is 186 g/mol. The Hall–Kier alpha value is -0.610. The molecule has 1 saturated heterocycles. The van der Waals surface area contributed by atoms with Crippen molar-refractivity contribution in [3.63, 3.8) is 0 Å². The van der Waals surface area contributed by atoms with Crippen LogP contribution in [0.15, 0.2) is 0 Å². The van der Waals surface area contributed by atoms with Gasteiger partial charge in [0.15, 0.2) is 0 Å². The summed E-state index contributed by atoms with van der Waals surface area (Å²) in [4.78, 5) is 12.9. The van der Waals surface area contributed by atoms with Crippen LogP contribution in [0, 0.1) is 0 Å². The molecule has 0 radical (unpaired) electrons. The van der Waals surface area contributed by atoms with Crippen LogP contribution in [0.3, 0.4) is 0 Å². The van der Waals surface area contributed by atoms with Crippen LogP contribution in [0.5, 0.6) is 0 Å². The van der Waals surface area contributed by atoms with Crippen molar-refractivity contribution < 1.29 is 9.90 Å². The number of hydrogen-bond acceptors (Lipinski definition) is 3. The van der Waals surface area contributed by atoms with Crippen LogP contribution in [0.4, 0.5) is 0 Å². The molecule has 1 fully saturated rings. The van der Waals surface area contributed by atoms with E-state index in [2.05, 4.69) is 12.2 Å². The standard InChI is InChI=1S/C9H18N2O2/c1-4-7-5-11(3)9(2,6-10-7)8(12)13/h7,10H,4-6H2,1-3H3,(H,12,13). The molecule has 0 aromatic heterocycles. The third-order valence-corrected chi connectivity index (χ3v) is 3.03. The third kappa shape index (κ3) is 1.84. The van der Waals surface area contributed by atoms with Crippen molar-refractivity contribution in [2.75, 3.05) is 20.1 Å². The summed E-state index contributed by atoms with van der Waals surface area (Å²) in [7, 11) is 1.87. The van der Waals surface area contributed by atoms with E-state index in [0.29, 0.717) is 12.6 Å². The molecule has 0 aromatic carbocycles. The number of likely N-dealkylation sites (N-methyl/N-ethyl adjacent to an activating group) is 1. The molecule has 0 aromatic rings. The topological polar surface area (TPSA) is 52.6 Å². The van der Waals surface area contributed by atoms with Gasteiger partial charge in [-0.2, -0.15) is 0 Å². The lowest BCUT2D eigenvalue weighted by Gasteiger charge is -2.43. The molecule has 1 heterocycles. The molecular weight excluding hydrogens is 168 g/mol. The number of rotatable bonds is 2. The molecule has 1 aliphatic heterocycles. The lowest BCUT2D eigenvalue weighted by molar-refractivity contribution is -0.151. The Morgan fingerprint density at radius 3 is 2.77 bits per heavy atom. The molecule has 0 saturated carbocycles. The van der Waals surface area contributed by atoms with Crippen molar-refractivity contribution in [2.24, 2.45) is 0 Å². The highest BCUT2D eigenvalue weighted by atomic mass is 16.4. The van der Waals surface area contributed by atoms with Gasteiger partial charge in [0.2, 0.25) is 0 Å². The fraction of sp³-hybridized carbons (Fsp3) is 0.889. The minimum atomic E-state index is -0.753. The van der Waals surface area contributed by atoms with Crippen molar-refractivity contribution in [1.29, 1.82) is 0 Å². The maximum Gasteiger partial charge on any atom is 0.325 e. The SMILES string of the molecule is CCC1CN(C)C(C)(C(=O)O)CN1. The Labute approximate surface area is 78.9 Å². The maximum absolute atomic E-state index is 11.0. The summed E-state index contributed by atoms with van der Waals surface area (Å²) < 4.78 is 0. The summed E-state index contributed by atoms with van der Waals surface area (Å²) >= 11 is 0. The number of hydrogen-bond donors (Lipinski definition) is 2. The molecule has 1 rings (SSSR count). The van der Waals surface area contributed by atoms with Gasteiger partial charge in [0.25, 0.3) is 0 Å². The van der Waals surface area contributed by atoms with Crippen molar-refractivity contribution in [2.45, 2.75) is 31.8 Å². The Bertz CT molecular complexity index is 208. The van der Waals surface area contributed by atoms with E-state index in [1.54, 1.807) is 6.92 Å². The second-order valence-electron chi connectivity index (χ2n) is 3.95. The maximum atomic E-state index is 11.0. The van der Waals surface area contributed by atoms with E-state index in [0.717, 1.165) is 13.0 Å². The number of carbonyl (C=O) groups is 1. The van der Waals surface area contributed by atoms with Gasteiger partial charge in [-0.05, 0) is 20.4 Å². The highest BCUT2D eigenvalue weighted by Crippen LogP contribution is 2.18. The highest BCUT2D eigenvalue weighted by molar-refractivity contribution is 5.78. The highest BCUT2D eigenvalue weighted by Gasteiger charge is 2.41. The number of carboxylic acids is 1. The third-order valence-electron chi connectivity index (χ3n) is 3.03. The van der Waals surface area contributed by atoms with Crippen LogP contribution in [0.1, 0.15) is 20.3 Å². The average Bonchev–Trinajstić information content (AvgIpc) is 2.09. The quantitative estimate of drug-likeness (QED) is 0.644. The molecule has 76 valence electrons. The van der Waals surface area contributed by atoms with Crippen molar-refractivity contribution in [3.8, 4) is 0 Å². The van der Waals surface area contributed by atoms with Crippen LogP contribution < -0.4 is 5.32 Å². The molecule has 0 bridgehead atoms. The monoisotopic (exact) mass is 186 g/mol. The number of nitrogens with one attached hydrogen (secondary N) is 1. The predicted molar refractivity (Wildman–Crippen MR) is 50.8 cm³/mol. The summed E-state index contributed by atoms with van der Waals surface area (Å²) in [6, 6.07) is 0.428. The van der Waals surface area contributed by atoms with Gasteiger partial charge >= 0.3 is 5.97 Å². The first-order chi connectivity index (χ1) is 6.00. The van der Waals surface area contributed by atoms with E-state index in [4.69, 9.17) is 5.11 Å². The van der Waals surface area contributed by atoms with Gasteiger partial charge < -0.3 is 10.4 Å². The van der Waals surface area contributed by atoms with E-state index in [1.807, 2.05) is 11.9 Å². The summed E-state index contributed by atoms with van der Waals surface area (Å²) in [5.74, 6) is -0.753. The number of carboxylic acid groups (broad SMARTS) is 1. The van der Waals surface area contributed by atoms with Gasteiger partial charge in [0.1, 0.15) is 5.54 Å². The van der Waals surface area contributed by atoms with E-state index >= 15 is 0 Å². The largest absolute Gasteiger partial charge is 0.480 e. The van der Waals surface area contributed by atoms with Gasteiger partial charge in [-0.15, -0.1) is 0 Å². The van der Waals surface area contributed by atoms with Crippen LogP contribution in [0.25, 0.3) is 0 Å². The number of nitrogens with zero attached hydrogens (tertiary/aromatic N) is 1.